The van der Waals surface area contributed by atoms with Gasteiger partial charge in [0.25, 0.3) is 11.4 Å². The Morgan fingerprint density at radius 3 is 2.04 bits per heavy atom. The van der Waals surface area contributed by atoms with Crippen molar-refractivity contribution in [2.75, 3.05) is 19.5 Å². The predicted molar refractivity (Wildman–Crippen MR) is 94.2 cm³/mol. The molecular weight excluding hydrogens is 365 g/mol. The van der Waals surface area contributed by atoms with Gasteiger partial charge in [0.05, 0.1) is 9.85 Å². The van der Waals surface area contributed by atoms with Gasteiger partial charge in [-0.25, -0.2) is 0 Å². The van der Waals surface area contributed by atoms with E-state index in [1.165, 1.54) is 62.8 Å². The molecule has 0 bridgehead atoms. The number of nitro groups is 2. The van der Waals surface area contributed by atoms with Gasteiger partial charge in [-0.15, -0.1) is 0 Å². The molecular formula is C15H16N3O7P. The summed E-state index contributed by atoms with van der Waals surface area (Å²) in [5.74, 6) is -1.11. The maximum Gasteiger partial charge on any atom is 0.356 e. The van der Waals surface area contributed by atoms with E-state index in [9.17, 15) is 24.8 Å². The van der Waals surface area contributed by atoms with E-state index in [4.69, 9.17) is 9.05 Å². The fraction of sp³-hybridized carbons (Fsp3) is 0.200. The molecule has 0 heterocycles. The van der Waals surface area contributed by atoms with Crippen molar-refractivity contribution < 1.29 is 23.5 Å². The van der Waals surface area contributed by atoms with Crippen LogP contribution in [-0.4, -0.2) is 24.1 Å². The van der Waals surface area contributed by atoms with Crippen molar-refractivity contribution in [3.8, 4) is 0 Å². The summed E-state index contributed by atoms with van der Waals surface area (Å²) in [4.78, 5) is 20.8. The maximum absolute atomic E-state index is 12.9. The van der Waals surface area contributed by atoms with Gasteiger partial charge >= 0.3 is 7.60 Å². The largest absolute Gasteiger partial charge is 0.368 e. The standard InChI is InChI=1S/C15H16N3O7P/c1-24-26(23,25-2)15(11-5-3-7-13(9-11)17(19)20)16-12-6-4-8-14(10-12)18(21)22/h3-10,15-16H,1-2H3/t15-/m0/s1. The lowest BCUT2D eigenvalue weighted by atomic mass is 10.2. The Balaban J connectivity index is 2.50. The van der Waals surface area contributed by atoms with Crippen molar-refractivity contribution in [3.05, 3.63) is 74.3 Å². The molecule has 11 heteroatoms. The number of nitrogens with zero attached hydrogens (tertiary/aromatic N) is 2. The Labute approximate surface area is 148 Å². The Bertz CT molecular complexity index is 866. The van der Waals surface area contributed by atoms with E-state index in [2.05, 4.69) is 5.32 Å². The first-order chi connectivity index (χ1) is 12.3. The number of nitrogens with one attached hydrogen (secondary N) is 1. The number of nitro benzene ring substituents is 2. The molecule has 0 saturated heterocycles. The van der Waals surface area contributed by atoms with E-state index in [0.717, 1.165) is 0 Å². The highest BCUT2D eigenvalue weighted by Crippen LogP contribution is 2.59. The summed E-state index contributed by atoms with van der Waals surface area (Å²) in [6.45, 7) is 0. The van der Waals surface area contributed by atoms with Gasteiger partial charge in [0.15, 0.2) is 5.78 Å². The topological polar surface area (TPSA) is 134 Å². The van der Waals surface area contributed by atoms with Crippen LogP contribution in [0, 0.1) is 20.2 Å². The zero-order chi connectivity index (χ0) is 19.3. The Morgan fingerprint density at radius 1 is 0.962 bits per heavy atom. The highest BCUT2D eigenvalue weighted by atomic mass is 31.2. The zero-order valence-corrected chi connectivity index (χ0v) is 14.8. The maximum atomic E-state index is 12.9. The molecule has 2 rings (SSSR count). The summed E-state index contributed by atoms with van der Waals surface area (Å²) in [6, 6.07) is 11.0. The van der Waals surface area contributed by atoms with Crippen molar-refractivity contribution in [2.45, 2.75) is 5.78 Å². The van der Waals surface area contributed by atoms with Gasteiger partial charge in [0.1, 0.15) is 0 Å². The number of rotatable bonds is 8. The quantitative estimate of drug-likeness (QED) is 0.410. The van der Waals surface area contributed by atoms with E-state index < -0.39 is 23.2 Å². The van der Waals surface area contributed by atoms with Crippen LogP contribution in [0.3, 0.4) is 0 Å². The highest BCUT2D eigenvalue weighted by Gasteiger charge is 2.36. The summed E-state index contributed by atoms with van der Waals surface area (Å²) in [6.07, 6.45) is 0. The zero-order valence-electron chi connectivity index (χ0n) is 13.9. The highest BCUT2D eigenvalue weighted by molar-refractivity contribution is 7.54. The second-order valence-electron chi connectivity index (χ2n) is 5.11. The first-order valence-corrected chi connectivity index (χ1v) is 8.88. The van der Waals surface area contributed by atoms with Crippen molar-refractivity contribution in [1.82, 2.24) is 0 Å². The van der Waals surface area contributed by atoms with Crippen LogP contribution < -0.4 is 5.32 Å². The smallest absolute Gasteiger partial charge is 0.356 e. The molecule has 26 heavy (non-hydrogen) atoms. The van der Waals surface area contributed by atoms with Gasteiger partial charge < -0.3 is 14.4 Å². The molecule has 1 N–H and O–H groups in total. The fourth-order valence-electron chi connectivity index (χ4n) is 2.31. The average Bonchev–Trinajstić information content (AvgIpc) is 2.65. The van der Waals surface area contributed by atoms with E-state index in [-0.39, 0.29) is 22.6 Å². The lowest BCUT2D eigenvalue weighted by molar-refractivity contribution is -0.385. The second kappa shape index (κ2) is 8.05. The molecule has 0 aromatic heterocycles. The van der Waals surface area contributed by atoms with Crippen LogP contribution in [0.2, 0.25) is 0 Å². The SMILES string of the molecule is COP(=O)(OC)[C@H](Nc1cccc([N+](=O)[O-])c1)c1cccc([N+](=O)[O-])c1. The molecule has 138 valence electrons. The van der Waals surface area contributed by atoms with Gasteiger partial charge in [-0.1, -0.05) is 18.2 Å². The summed E-state index contributed by atoms with van der Waals surface area (Å²) in [5.41, 5.74) is 0.187. The third-order valence-corrected chi connectivity index (χ3v) is 5.66. The molecule has 0 unspecified atom stereocenters. The lowest BCUT2D eigenvalue weighted by Crippen LogP contribution is -2.14. The minimum atomic E-state index is -3.77. The first-order valence-electron chi connectivity index (χ1n) is 7.27. The van der Waals surface area contributed by atoms with Gasteiger partial charge in [0, 0.05) is 44.2 Å². The lowest BCUT2D eigenvalue weighted by Gasteiger charge is -2.26. The molecule has 2 aromatic carbocycles. The molecule has 0 radical (unpaired) electrons. The minimum absolute atomic E-state index is 0.169. The van der Waals surface area contributed by atoms with E-state index in [1.807, 2.05) is 0 Å². The Kier molecular flexibility index (Phi) is 6.04. The third kappa shape index (κ3) is 4.23. The van der Waals surface area contributed by atoms with Gasteiger partial charge in [0.2, 0.25) is 0 Å². The van der Waals surface area contributed by atoms with Gasteiger partial charge in [-0.05, 0) is 11.6 Å². The number of anilines is 1. The molecule has 0 aliphatic carbocycles. The van der Waals surface area contributed by atoms with Crippen molar-refractivity contribution >= 4 is 24.7 Å². The normalized spacial score (nSPS) is 12.4. The molecule has 0 aliphatic heterocycles. The summed E-state index contributed by atoms with van der Waals surface area (Å²) in [7, 11) is -1.40. The van der Waals surface area contributed by atoms with E-state index >= 15 is 0 Å². The number of non-ortho nitro benzene ring substituents is 2. The Hall–Kier alpha value is -2.81. The second-order valence-corrected chi connectivity index (χ2v) is 7.44. The minimum Gasteiger partial charge on any atom is -0.368 e. The number of benzene rings is 2. The van der Waals surface area contributed by atoms with Crippen molar-refractivity contribution in [3.63, 3.8) is 0 Å². The molecule has 1 atom stereocenters. The van der Waals surface area contributed by atoms with Gasteiger partial charge in [-0.3, -0.25) is 24.8 Å². The summed E-state index contributed by atoms with van der Waals surface area (Å²) >= 11 is 0. The van der Waals surface area contributed by atoms with E-state index in [1.54, 1.807) is 0 Å². The van der Waals surface area contributed by atoms with E-state index in [0.29, 0.717) is 0 Å². The molecule has 0 amide bonds. The van der Waals surface area contributed by atoms with Crippen LogP contribution in [0.5, 0.6) is 0 Å². The van der Waals surface area contributed by atoms with Crippen LogP contribution in [-0.2, 0) is 13.6 Å². The summed E-state index contributed by atoms with van der Waals surface area (Å²) < 4.78 is 23.0. The van der Waals surface area contributed by atoms with Crippen LogP contribution in [0.1, 0.15) is 11.3 Å². The van der Waals surface area contributed by atoms with Crippen molar-refractivity contribution in [2.24, 2.45) is 0 Å². The molecule has 10 nitrogen and oxygen atoms in total. The first kappa shape index (κ1) is 19.5. The fourth-order valence-corrected chi connectivity index (χ4v) is 3.71. The average molecular weight is 381 g/mol. The number of hydrogen-bond acceptors (Lipinski definition) is 8. The molecule has 0 aliphatic rings. The molecule has 2 aromatic rings. The van der Waals surface area contributed by atoms with Crippen LogP contribution in [0.4, 0.5) is 17.1 Å². The summed E-state index contributed by atoms with van der Waals surface area (Å²) in [5, 5.41) is 24.8. The predicted octanol–water partition coefficient (Wildman–Crippen LogP) is 4.10. The van der Waals surface area contributed by atoms with Crippen LogP contribution in [0.15, 0.2) is 48.5 Å². The molecule has 0 spiro atoms. The monoisotopic (exact) mass is 381 g/mol. The van der Waals surface area contributed by atoms with Crippen molar-refractivity contribution in [1.29, 1.82) is 0 Å². The Morgan fingerprint density at radius 2 is 1.50 bits per heavy atom. The molecule has 0 saturated carbocycles. The van der Waals surface area contributed by atoms with Crippen LogP contribution >= 0.6 is 7.60 Å². The van der Waals surface area contributed by atoms with Crippen LogP contribution in [0.25, 0.3) is 0 Å². The number of hydrogen-bond donors (Lipinski definition) is 1. The van der Waals surface area contributed by atoms with Gasteiger partial charge in [-0.2, -0.15) is 0 Å². The molecule has 0 fully saturated rings. The third-order valence-electron chi connectivity index (χ3n) is 3.58.